The van der Waals surface area contributed by atoms with Crippen LogP contribution in [0.25, 0.3) is 21.9 Å². The van der Waals surface area contributed by atoms with E-state index in [0.717, 1.165) is 23.3 Å². The van der Waals surface area contributed by atoms with Gasteiger partial charge in [-0.25, -0.2) is 9.59 Å². The van der Waals surface area contributed by atoms with Gasteiger partial charge in [-0.3, -0.25) is 0 Å². The Bertz CT molecular complexity index is 1900. The van der Waals surface area contributed by atoms with Gasteiger partial charge in [0.1, 0.15) is 37.9 Å². The molecule has 0 heterocycles. The van der Waals surface area contributed by atoms with E-state index >= 15 is 0 Å². The number of hydrogen-bond donors (Lipinski definition) is 0. The van der Waals surface area contributed by atoms with E-state index in [1.54, 1.807) is 0 Å². The number of aryl methyl sites for hydroxylation is 2. The molecule has 1 aliphatic rings. The van der Waals surface area contributed by atoms with Crippen molar-refractivity contribution < 1.29 is 28.5 Å². The van der Waals surface area contributed by atoms with E-state index in [1.165, 1.54) is 44.2 Å². The number of hydrogen-bond acceptors (Lipinski definition) is 6. The van der Waals surface area contributed by atoms with Crippen molar-refractivity contribution in [2.24, 2.45) is 0 Å². The van der Waals surface area contributed by atoms with E-state index < -0.39 is 17.4 Å². The van der Waals surface area contributed by atoms with Gasteiger partial charge in [0.05, 0.1) is 5.41 Å². The van der Waals surface area contributed by atoms with Gasteiger partial charge >= 0.3 is 11.9 Å². The van der Waals surface area contributed by atoms with Gasteiger partial charge in [0.2, 0.25) is 0 Å². The number of fused-ring (bicyclic) bond motifs is 5. The molecule has 0 N–H and O–H groups in total. The summed E-state index contributed by atoms with van der Waals surface area (Å²) in [7, 11) is 0. The Labute approximate surface area is 274 Å². The molecule has 0 saturated carbocycles. The van der Waals surface area contributed by atoms with Crippen molar-refractivity contribution in [3.8, 4) is 22.6 Å². The summed E-state index contributed by atoms with van der Waals surface area (Å²) in [4.78, 5) is 22.8. The van der Waals surface area contributed by atoms with Gasteiger partial charge in [0, 0.05) is 12.2 Å². The monoisotopic (exact) mass is 624 g/mol. The van der Waals surface area contributed by atoms with E-state index in [2.05, 4.69) is 99.8 Å². The van der Waals surface area contributed by atoms with Crippen LogP contribution in [-0.2, 0) is 24.5 Å². The van der Waals surface area contributed by atoms with Crippen molar-refractivity contribution >= 4 is 22.7 Å². The zero-order valence-electron chi connectivity index (χ0n) is 26.6. The fourth-order valence-corrected chi connectivity index (χ4v) is 6.48. The summed E-state index contributed by atoms with van der Waals surface area (Å²) in [6.45, 7) is 11.8. The topological polar surface area (TPSA) is 71.1 Å². The lowest BCUT2D eigenvalue weighted by atomic mass is 9.67. The first-order chi connectivity index (χ1) is 22.8. The quantitative estimate of drug-likeness (QED) is 0.0780. The van der Waals surface area contributed by atoms with Gasteiger partial charge in [-0.05, 0) is 82.3 Å². The molecule has 0 fully saturated rings. The molecular formula is C41H36O6. The van der Waals surface area contributed by atoms with Gasteiger partial charge in [-0.1, -0.05) is 97.1 Å². The zero-order valence-corrected chi connectivity index (χ0v) is 26.6. The number of ether oxygens (including phenoxy) is 4. The van der Waals surface area contributed by atoms with Crippen LogP contribution in [0.15, 0.2) is 122 Å². The van der Waals surface area contributed by atoms with Crippen LogP contribution in [0, 0.1) is 13.8 Å². The van der Waals surface area contributed by atoms with Crippen molar-refractivity contribution in [1.29, 1.82) is 0 Å². The van der Waals surface area contributed by atoms with E-state index in [-0.39, 0.29) is 26.4 Å². The highest BCUT2D eigenvalue weighted by molar-refractivity contribution is 6.04. The molecule has 236 valence electrons. The Morgan fingerprint density at radius 1 is 0.617 bits per heavy atom. The second kappa shape index (κ2) is 13.4. The molecule has 5 aromatic carbocycles. The molecule has 6 nitrogen and oxygen atoms in total. The average Bonchev–Trinajstić information content (AvgIpc) is 3.39. The summed E-state index contributed by atoms with van der Waals surface area (Å²) < 4.78 is 21.9. The molecule has 6 rings (SSSR count). The summed E-state index contributed by atoms with van der Waals surface area (Å²) in [5.74, 6) is 0.401. The minimum absolute atomic E-state index is 0.133. The molecule has 0 radical (unpaired) electrons. The Morgan fingerprint density at radius 3 is 1.68 bits per heavy atom. The first-order valence-electron chi connectivity index (χ1n) is 15.6. The summed E-state index contributed by atoms with van der Waals surface area (Å²) in [5, 5.41) is 2.41. The smallest absolute Gasteiger partial charge is 0.330 e. The SMILES string of the molecule is C=CC(=O)OCCOc1ccc(C2(c3ccc(OCCOC(=O)C=C)cc3)c3cc(C)ccc3-c3c2ccc2ccc(C)cc32)cc1. The fraction of sp³-hybridized carbons (Fsp3) is 0.171. The minimum Gasteiger partial charge on any atom is -0.490 e. The maximum Gasteiger partial charge on any atom is 0.330 e. The highest BCUT2D eigenvalue weighted by Crippen LogP contribution is 2.58. The van der Waals surface area contributed by atoms with Gasteiger partial charge in [-0.2, -0.15) is 0 Å². The second-order valence-corrected chi connectivity index (χ2v) is 11.5. The lowest BCUT2D eigenvalue weighted by Gasteiger charge is -2.34. The maximum atomic E-state index is 11.4. The Hall–Kier alpha value is -5.62. The molecule has 0 spiro atoms. The summed E-state index contributed by atoms with van der Waals surface area (Å²) in [6, 6.07) is 34.2. The third-order valence-electron chi connectivity index (χ3n) is 8.53. The van der Waals surface area contributed by atoms with Gasteiger partial charge < -0.3 is 18.9 Å². The average molecular weight is 625 g/mol. The van der Waals surface area contributed by atoms with E-state index in [1.807, 2.05) is 24.3 Å². The molecule has 47 heavy (non-hydrogen) atoms. The molecule has 0 amide bonds. The highest BCUT2D eigenvalue weighted by Gasteiger charge is 2.46. The third kappa shape index (κ3) is 6.02. The molecule has 0 bridgehead atoms. The second-order valence-electron chi connectivity index (χ2n) is 11.5. The van der Waals surface area contributed by atoms with Crippen LogP contribution in [-0.4, -0.2) is 38.4 Å². The normalized spacial score (nSPS) is 12.5. The molecule has 0 aromatic heterocycles. The van der Waals surface area contributed by atoms with Crippen molar-refractivity contribution in [3.63, 3.8) is 0 Å². The highest BCUT2D eigenvalue weighted by atomic mass is 16.6. The van der Waals surface area contributed by atoms with Gasteiger partial charge in [0.25, 0.3) is 0 Å². The molecule has 6 heteroatoms. The third-order valence-corrected chi connectivity index (χ3v) is 8.53. The van der Waals surface area contributed by atoms with Crippen LogP contribution in [0.2, 0.25) is 0 Å². The number of benzene rings is 5. The van der Waals surface area contributed by atoms with Crippen LogP contribution in [0.5, 0.6) is 11.5 Å². The lowest BCUT2D eigenvalue weighted by molar-refractivity contribution is -0.139. The Morgan fingerprint density at radius 2 is 1.13 bits per heavy atom. The van der Waals surface area contributed by atoms with Crippen LogP contribution >= 0.6 is 0 Å². The molecule has 1 aliphatic carbocycles. The van der Waals surface area contributed by atoms with Crippen LogP contribution in [0.1, 0.15) is 33.4 Å². The van der Waals surface area contributed by atoms with Crippen molar-refractivity contribution in [2.75, 3.05) is 26.4 Å². The Balaban J connectivity index is 1.46. The number of carbonyl (C=O) groups excluding carboxylic acids is 2. The summed E-state index contributed by atoms with van der Waals surface area (Å²) >= 11 is 0. The standard InChI is InChI=1S/C41H36O6/c1-5-38(42)46-23-21-44-32-15-11-30(12-16-32)41(31-13-17-33(18-14-31)45-22-24-47-39(43)6-2)36-20-10-29-9-7-27(3)25-35(29)40(36)34-19-8-28(4)26-37(34)41/h5-20,25-26H,1-2,21-24H2,3-4H3. The number of esters is 2. The van der Waals surface area contributed by atoms with Crippen molar-refractivity contribution in [1.82, 2.24) is 0 Å². The largest absolute Gasteiger partial charge is 0.490 e. The first-order valence-corrected chi connectivity index (χ1v) is 15.6. The number of carbonyl (C=O) groups is 2. The molecular weight excluding hydrogens is 588 g/mol. The zero-order chi connectivity index (χ0) is 33.0. The summed E-state index contributed by atoms with van der Waals surface area (Å²) in [5.41, 5.74) is 8.76. The van der Waals surface area contributed by atoms with Crippen LogP contribution < -0.4 is 9.47 Å². The molecule has 0 unspecified atom stereocenters. The van der Waals surface area contributed by atoms with E-state index in [4.69, 9.17) is 18.9 Å². The molecule has 0 saturated heterocycles. The first kappa shape index (κ1) is 31.4. The Kier molecular flexibility index (Phi) is 8.94. The summed E-state index contributed by atoms with van der Waals surface area (Å²) in [6.07, 6.45) is 2.27. The van der Waals surface area contributed by atoms with Crippen LogP contribution in [0.3, 0.4) is 0 Å². The van der Waals surface area contributed by atoms with Crippen LogP contribution in [0.4, 0.5) is 0 Å². The fourth-order valence-electron chi connectivity index (χ4n) is 6.48. The predicted octanol–water partition coefficient (Wildman–Crippen LogP) is 8.04. The van der Waals surface area contributed by atoms with Gasteiger partial charge in [-0.15, -0.1) is 0 Å². The maximum absolute atomic E-state index is 11.4. The number of rotatable bonds is 12. The van der Waals surface area contributed by atoms with Crippen molar-refractivity contribution in [3.05, 3.63) is 156 Å². The predicted molar refractivity (Wildman–Crippen MR) is 184 cm³/mol. The molecule has 0 atom stereocenters. The molecule has 5 aromatic rings. The van der Waals surface area contributed by atoms with E-state index in [9.17, 15) is 9.59 Å². The van der Waals surface area contributed by atoms with Gasteiger partial charge in [0.15, 0.2) is 0 Å². The van der Waals surface area contributed by atoms with E-state index in [0.29, 0.717) is 11.5 Å². The minimum atomic E-state index is -0.634. The lowest BCUT2D eigenvalue weighted by Crippen LogP contribution is -2.28. The molecule has 0 aliphatic heterocycles. The van der Waals surface area contributed by atoms with Crippen molar-refractivity contribution in [2.45, 2.75) is 19.3 Å².